The van der Waals surface area contributed by atoms with Crippen molar-refractivity contribution in [3.8, 4) is 0 Å². The van der Waals surface area contributed by atoms with E-state index in [1.807, 2.05) is 0 Å². The van der Waals surface area contributed by atoms with Crippen LogP contribution >= 0.6 is 15.9 Å². The van der Waals surface area contributed by atoms with Crippen molar-refractivity contribution in [2.24, 2.45) is 0 Å². The third-order valence-electron chi connectivity index (χ3n) is 1.34. The summed E-state index contributed by atoms with van der Waals surface area (Å²) >= 11 is 3.29. The average molecular weight is 208 g/mol. The van der Waals surface area contributed by atoms with E-state index in [-0.39, 0.29) is 10.7 Å². The number of rotatable bonds is 4. The number of hydrogen-bond acceptors (Lipinski definition) is 1. The van der Waals surface area contributed by atoms with E-state index in [9.17, 15) is 4.79 Å². The molecular weight excluding hydrogens is 194 g/mol. The first kappa shape index (κ1) is 9.95. The van der Waals surface area contributed by atoms with E-state index in [1.54, 1.807) is 7.05 Å². The molecule has 0 spiro atoms. The molecule has 3 heteroatoms. The first-order valence-electron chi connectivity index (χ1n) is 3.58. The van der Waals surface area contributed by atoms with E-state index in [4.69, 9.17) is 0 Å². The van der Waals surface area contributed by atoms with Gasteiger partial charge in [0, 0.05) is 7.05 Å². The Morgan fingerprint density at radius 3 is 2.70 bits per heavy atom. The zero-order chi connectivity index (χ0) is 7.98. The van der Waals surface area contributed by atoms with Crippen molar-refractivity contribution >= 4 is 21.8 Å². The molecule has 0 unspecified atom stereocenters. The van der Waals surface area contributed by atoms with Gasteiger partial charge in [-0.15, -0.1) is 0 Å². The largest absolute Gasteiger partial charge is 0.358 e. The van der Waals surface area contributed by atoms with Crippen LogP contribution in [0.5, 0.6) is 0 Å². The van der Waals surface area contributed by atoms with Crippen LogP contribution in [0.1, 0.15) is 26.2 Å². The Balaban J connectivity index is 3.41. The number of carbonyl (C=O) groups excluding carboxylic acids is 1. The molecule has 0 radical (unpaired) electrons. The van der Waals surface area contributed by atoms with Crippen LogP contribution in [0, 0.1) is 0 Å². The van der Waals surface area contributed by atoms with Gasteiger partial charge in [-0.25, -0.2) is 0 Å². The Morgan fingerprint density at radius 1 is 1.70 bits per heavy atom. The first-order chi connectivity index (χ1) is 4.72. The van der Waals surface area contributed by atoms with E-state index in [1.165, 1.54) is 0 Å². The Kier molecular flexibility index (Phi) is 5.69. The van der Waals surface area contributed by atoms with Crippen molar-refractivity contribution in [1.82, 2.24) is 5.32 Å². The third-order valence-corrected chi connectivity index (χ3v) is 2.22. The van der Waals surface area contributed by atoms with E-state index in [2.05, 4.69) is 28.2 Å². The summed E-state index contributed by atoms with van der Waals surface area (Å²) < 4.78 is 0. The molecule has 1 amide bonds. The monoisotopic (exact) mass is 207 g/mol. The fourth-order valence-electron chi connectivity index (χ4n) is 0.671. The summed E-state index contributed by atoms with van der Waals surface area (Å²) in [6.45, 7) is 2.11. The molecule has 0 saturated carbocycles. The number of hydrogen-bond donors (Lipinski definition) is 1. The highest BCUT2D eigenvalue weighted by Gasteiger charge is 2.10. The highest BCUT2D eigenvalue weighted by atomic mass is 79.9. The lowest BCUT2D eigenvalue weighted by molar-refractivity contribution is -0.120. The number of carbonyl (C=O) groups is 1. The lowest BCUT2D eigenvalue weighted by Crippen LogP contribution is -2.27. The van der Waals surface area contributed by atoms with Gasteiger partial charge in [0.25, 0.3) is 0 Å². The zero-order valence-corrected chi connectivity index (χ0v) is 8.07. The topological polar surface area (TPSA) is 29.1 Å². The molecule has 0 fully saturated rings. The fourth-order valence-corrected chi connectivity index (χ4v) is 1.22. The van der Waals surface area contributed by atoms with Crippen LogP contribution in [-0.4, -0.2) is 17.8 Å². The second-order valence-corrected chi connectivity index (χ2v) is 3.33. The van der Waals surface area contributed by atoms with Crippen LogP contribution in [0.2, 0.25) is 0 Å². The first-order valence-corrected chi connectivity index (χ1v) is 4.49. The smallest absolute Gasteiger partial charge is 0.233 e. The second-order valence-electron chi connectivity index (χ2n) is 2.22. The number of nitrogens with one attached hydrogen (secondary N) is 1. The number of amides is 1. The Labute approximate surface area is 70.5 Å². The summed E-state index contributed by atoms with van der Waals surface area (Å²) in [6, 6.07) is 0. The molecule has 0 aliphatic rings. The maximum atomic E-state index is 10.9. The average Bonchev–Trinajstić information content (AvgIpc) is 1.98. The molecule has 1 atom stereocenters. The summed E-state index contributed by atoms with van der Waals surface area (Å²) in [5.74, 6) is 0.0773. The molecule has 0 aromatic carbocycles. The molecular formula is C7H14BrNO. The quantitative estimate of drug-likeness (QED) is 0.699. The minimum atomic E-state index is -0.00236. The third kappa shape index (κ3) is 3.88. The predicted octanol–water partition coefficient (Wildman–Crippen LogP) is 1.69. The summed E-state index contributed by atoms with van der Waals surface area (Å²) in [7, 11) is 1.66. The van der Waals surface area contributed by atoms with Gasteiger partial charge in [-0.05, 0) is 6.42 Å². The fraction of sp³-hybridized carbons (Fsp3) is 0.857. The number of halogens is 1. The highest BCUT2D eigenvalue weighted by Crippen LogP contribution is 2.08. The molecule has 0 heterocycles. The summed E-state index contributed by atoms with van der Waals surface area (Å²) in [5, 5.41) is 2.59. The molecule has 0 bridgehead atoms. The van der Waals surface area contributed by atoms with Gasteiger partial charge >= 0.3 is 0 Å². The molecule has 0 aromatic rings. The molecule has 0 rings (SSSR count). The van der Waals surface area contributed by atoms with Gasteiger partial charge in [0.15, 0.2) is 0 Å². The van der Waals surface area contributed by atoms with Gasteiger partial charge in [-0.1, -0.05) is 35.7 Å². The lowest BCUT2D eigenvalue weighted by atomic mass is 10.2. The molecule has 0 saturated heterocycles. The lowest BCUT2D eigenvalue weighted by Gasteiger charge is -2.05. The Morgan fingerprint density at radius 2 is 2.30 bits per heavy atom. The molecule has 0 aliphatic heterocycles. The molecule has 60 valence electrons. The van der Waals surface area contributed by atoms with Crippen molar-refractivity contribution in [3.05, 3.63) is 0 Å². The van der Waals surface area contributed by atoms with E-state index in [0.717, 1.165) is 19.3 Å². The van der Waals surface area contributed by atoms with Crippen molar-refractivity contribution in [2.45, 2.75) is 31.0 Å². The van der Waals surface area contributed by atoms with Gasteiger partial charge in [0.05, 0.1) is 4.83 Å². The van der Waals surface area contributed by atoms with Crippen molar-refractivity contribution in [2.75, 3.05) is 7.05 Å². The maximum Gasteiger partial charge on any atom is 0.233 e. The van der Waals surface area contributed by atoms with Crippen LogP contribution < -0.4 is 5.32 Å². The van der Waals surface area contributed by atoms with Crippen LogP contribution in [0.3, 0.4) is 0 Å². The SMILES string of the molecule is CCCC[C@H](Br)C(=O)NC. The minimum absolute atomic E-state index is 0.00236. The van der Waals surface area contributed by atoms with Crippen LogP contribution in [-0.2, 0) is 4.79 Å². The van der Waals surface area contributed by atoms with E-state index in [0.29, 0.717) is 0 Å². The van der Waals surface area contributed by atoms with Crippen molar-refractivity contribution in [3.63, 3.8) is 0 Å². The molecule has 2 nitrogen and oxygen atoms in total. The summed E-state index contributed by atoms with van der Waals surface area (Å²) in [6.07, 6.45) is 3.17. The second kappa shape index (κ2) is 5.71. The Bertz CT molecular complexity index is 106. The minimum Gasteiger partial charge on any atom is -0.358 e. The van der Waals surface area contributed by atoms with Gasteiger partial charge < -0.3 is 5.32 Å². The van der Waals surface area contributed by atoms with Gasteiger partial charge in [0.2, 0.25) is 5.91 Å². The summed E-state index contributed by atoms with van der Waals surface area (Å²) in [5.41, 5.74) is 0. The molecule has 10 heavy (non-hydrogen) atoms. The van der Waals surface area contributed by atoms with Crippen molar-refractivity contribution in [1.29, 1.82) is 0 Å². The van der Waals surface area contributed by atoms with Crippen LogP contribution in [0.25, 0.3) is 0 Å². The van der Waals surface area contributed by atoms with E-state index >= 15 is 0 Å². The van der Waals surface area contributed by atoms with Crippen LogP contribution in [0.4, 0.5) is 0 Å². The van der Waals surface area contributed by atoms with Gasteiger partial charge in [-0.2, -0.15) is 0 Å². The van der Waals surface area contributed by atoms with Crippen LogP contribution in [0.15, 0.2) is 0 Å². The van der Waals surface area contributed by atoms with Gasteiger partial charge in [0.1, 0.15) is 0 Å². The maximum absolute atomic E-state index is 10.9. The molecule has 0 aliphatic carbocycles. The molecule has 1 N–H and O–H groups in total. The van der Waals surface area contributed by atoms with Gasteiger partial charge in [-0.3, -0.25) is 4.79 Å². The molecule has 0 aromatic heterocycles. The Hall–Kier alpha value is -0.0500. The number of alkyl halides is 1. The normalized spacial score (nSPS) is 12.7. The summed E-state index contributed by atoms with van der Waals surface area (Å²) in [4.78, 5) is 10.9. The number of unbranched alkanes of at least 4 members (excludes halogenated alkanes) is 1. The zero-order valence-electron chi connectivity index (χ0n) is 6.48. The van der Waals surface area contributed by atoms with Crippen molar-refractivity contribution < 1.29 is 4.79 Å². The highest BCUT2D eigenvalue weighted by molar-refractivity contribution is 9.10. The predicted molar refractivity (Wildman–Crippen MR) is 46.3 cm³/mol. The van der Waals surface area contributed by atoms with E-state index < -0.39 is 0 Å². The standard InChI is InChI=1S/C7H14BrNO/c1-3-4-5-6(8)7(10)9-2/h6H,3-5H2,1-2H3,(H,9,10)/t6-/m0/s1.